The molecule has 5 atom stereocenters. The smallest absolute Gasteiger partial charge is 0.344 e. The van der Waals surface area contributed by atoms with Gasteiger partial charge in [0.25, 0.3) is 11.8 Å². The van der Waals surface area contributed by atoms with Crippen LogP contribution in [0.15, 0.2) is 36.4 Å². The molecule has 3 aliphatic heterocycles. The van der Waals surface area contributed by atoms with Crippen LogP contribution in [0.3, 0.4) is 0 Å². The van der Waals surface area contributed by atoms with Gasteiger partial charge in [0.1, 0.15) is 12.1 Å². The minimum absolute atomic E-state index is 0.0399. The molecule has 2 fully saturated rings. The van der Waals surface area contributed by atoms with Gasteiger partial charge in [-0.1, -0.05) is 38.1 Å². The molecule has 2 saturated heterocycles. The molecule has 4 heterocycles. The topological polar surface area (TPSA) is 176 Å². The summed E-state index contributed by atoms with van der Waals surface area (Å²) in [6.07, 6.45) is 3.87. The summed E-state index contributed by atoms with van der Waals surface area (Å²) in [5, 5.41) is 7.80. The second kappa shape index (κ2) is 13.7. The molecular weight excluding hydrogens is 628 g/mol. The summed E-state index contributed by atoms with van der Waals surface area (Å²) in [6, 6.07) is 7.07. The largest absolute Gasteiger partial charge is 0.450 e. The van der Waals surface area contributed by atoms with Crippen LogP contribution < -0.4 is 16.1 Å². The number of rotatable bonds is 2. The van der Waals surface area contributed by atoms with E-state index in [0.29, 0.717) is 36.2 Å². The number of hydrogen-bond donors (Lipinski definition) is 3. The molecule has 1 spiro atoms. The highest BCUT2D eigenvalue weighted by Crippen LogP contribution is 2.27. The average molecular weight is 671 g/mol. The number of pyridine rings is 1. The third-order valence-corrected chi connectivity index (χ3v) is 9.86. The van der Waals surface area contributed by atoms with Crippen LogP contribution in [0.2, 0.25) is 0 Å². The number of carbonyl (C=O) groups excluding carboxylic acids is 4. The van der Waals surface area contributed by atoms with Crippen LogP contribution >= 0.6 is 0 Å². The number of aromatic nitrogens is 1. The van der Waals surface area contributed by atoms with Crippen LogP contribution in [-0.4, -0.2) is 103 Å². The zero-order valence-corrected chi connectivity index (χ0v) is 28.0. The summed E-state index contributed by atoms with van der Waals surface area (Å²) in [7, 11) is -3.71. The van der Waals surface area contributed by atoms with Crippen molar-refractivity contribution in [1.82, 2.24) is 30.4 Å². The number of nitrogens with one attached hydrogen (secondary N) is 3. The van der Waals surface area contributed by atoms with Gasteiger partial charge < -0.3 is 20.1 Å². The number of amides is 3. The number of fused-ring (bicyclic) bond motifs is 4. The summed E-state index contributed by atoms with van der Waals surface area (Å²) in [4.78, 5) is 58.9. The highest BCUT2D eigenvalue weighted by molar-refractivity contribution is 7.88. The number of sulfonamides is 1. The quantitative estimate of drug-likeness (QED) is 0.392. The van der Waals surface area contributed by atoms with Gasteiger partial charge in [0, 0.05) is 18.5 Å². The number of carbonyl (C=O) groups is 4. The van der Waals surface area contributed by atoms with Gasteiger partial charge in [0.15, 0.2) is 11.7 Å². The minimum Gasteiger partial charge on any atom is -0.450 e. The molecule has 0 radical (unpaired) electrons. The number of hydrazine groups is 1. The number of cyclic esters (lactones) is 1. The number of hydrogen-bond acceptors (Lipinski definition) is 10. The number of morpholine rings is 1. The predicted octanol–water partition coefficient (Wildman–Crippen LogP) is 1.04. The first kappa shape index (κ1) is 34.4. The lowest BCUT2D eigenvalue weighted by Gasteiger charge is -2.39. The van der Waals surface area contributed by atoms with Crippen LogP contribution in [0.4, 0.5) is 0 Å². The Morgan fingerprint density at radius 2 is 1.72 bits per heavy atom. The van der Waals surface area contributed by atoms with E-state index in [4.69, 9.17) is 14.5 Å². The van der Waals surface area contributed by atoms with Crippen molar-refractivity contribution in [3.8, 4) is 0 Å². The highest BCUT2D eigenvalue weighted by Gasteiger charge is 2.47. The van der Waals surface area contributed by atoms with Crippen LogP contribution in [0.1, 0.15) is 57.8 Å². The van der Waals surface area contributed by atoms with Gasteiger partial charge >= 0.3 is 5.97 Å². The van der Waals surface area contributed by atoms with E-state index in [9.17, 15) is 27.6 Å². The number of ether oxygens (including phenoxy) is 2. The Kier molecular flexibility index (Phi) is 10.0. The van der Waals surface area contributed by atoms with E-state index in [-0.39, 0.29) is 25.6 Å². The van der Waals surface area contributed by atoms with Crippen molar-refractivity contribution in [1.29, 1.82) is 0 Å². The summed E-state index contributed by atoms with van der Waals surface area (Å²) in [5.41, 5.74) is 3.03. The Hall–Kier alpha value is -3.92. The molecule has 254 valence electrons. The molecule has 1 aromatic heterocycles. The average Bonchev–Trinajstić information content (AvgIpc) is 3.04. The fourth-order valence-electron chi connectivity index (χ4n) is 5.84. The second-order valence-corrected chi connectivity index (χ2v) is 14.7. The van der Waals surface area contributed by atoms with Crippen LogP contribution in [-0.2, 0) is 38.7 Å². The zero-order chi connectivity index (χ0) is 34.1. The van der Waals surface area contributed by atoms with E-state index in [2.05, 4.69) is 16.1 Å². The first-order chi connectivity index (χ1) is 22.2. The van der Waals surface area contributed by atoms with Gasteiger partial charge in [-0.25, -0.2) is 18.6 Å². The normalized spacial score (nSPS) is 29.4. The summed E-state index contributed by atoms with van der Waals surface area (Å²) >= 11 is 0. The molecule has 3 aliphatic rings. The fourth-order valence-corrected chi connectivity index (χ4v) is 6.67. The lowest BCUT2D eigenvalue weighted by Crippen LogP contribution is -2.61. The SMILES string of the molecule is CC(C)[C@@H]1OC(=O)C2(/C=C/c3ccc4ccc(nc4c3)[C@@H](C)NC(=O)[C@@H]3CCCN(N3)C(=O)[C@H](C)NC1=O)CN(S(C)(=O)=O)CCO2. The molecule has 1 aromatic carbocycles. The summed E-state index contributed by atoms with van der Waals surface area (Å²) < 4.78 is 38.0. The molecular formula is C32H42N6O8S. The van der Waals surface area contributed by atoms with Crippen molar-refractivity contribution in [2.45, 2.75) is 70.4 Å². The minimum atomic E-state index is -3.71. The van der Waals surface area contributed by atoms with Gasteiger partial charge in [-0.2, -0.15) is 4.31 Å². The maximum absolute atomic E-state index is 14.0. The van der Waals surface area contributed by atoms with Crippen molar-refractivity contribution in [2.75, 3.05) is 32.5 Å². The van der Waals surface area contributed by atoms with E-state index >= 15 is 0 Å². The van der Waals surface area contributed by atoms with E-state index in [0.717, 1.165) is 15.9 Å². The van der Waals surface area contributed by atoms with Gasteiger partial charge in [-0.3, -0.25) is 24.4 Å². The zero-order valence-electron chi connectivity index (χ0n) is 27.2. The molecule has 14 nitrogen and oxygen atoms in total. The second-order valence-electron chi connectivity index (χ2n) is 12.7. The van der Waals surface area contributed by atoms with Crippen molar-refractivity contribution < 1.29 is 37.1 Å². The third kappa shape index (κ3) is 7.64. The first-order valence-corrected chi connectivity index (χ1v) is 17.6. The Balaban J connectivity index is 1.57. The number of benzene rings is 1. The standard InChI is InChI=1S/C32H42N6O8S/c1-19(2)27-29(40)34-21(4)30(41)38-14-6-7-25(36-38)28(39)33-20(3)24-11-10-23-9-8-22(17-26(23)35-24)12-13-32(31(42)46-27)18-37(15-16-45-32)47(5,43)44/h8-13,17,19-21,25,27,36H,6-7,14-16,18H2,1-5H3,(H,33,39)(H,34,40)/b13-12+/t20-,21+,25+,27+,32?/m1/s1. The maximum Gasteiger partial charge on any atom is 0.344 e. The van der Waals surface area contributed by atoms with Gasteiger partial charge in [0.2, 0.25) is 15.9 Å². The fraction of sp³-hybridized carbons (Fsp3) is 0.531. The van der Waals surface area contributed by atoms with Crippen molar-refractivity contribution in [2.24, 2.45) is 5.92 Å². The molecule has 0 aliphatic carbocycles. The van der Waals surface area contributed by atoms with E-state index in [1.54, 1.807) is 26.0 Å². The molecule has 3 N–H and O–H groups in total. The van der Waals surface area contributed by atoms with Gasteiger partial charge in [-0.15, -0.1) is 0 Å². The molecule has 5 bridgehead atoms. The summed E-state index contributed by atoms with van der Waals surface area (Å²) in [5.74, 6) is -2.91. The third-order valence-electron chi connectivity index (χ3n) is 8.61. The van der Waals surface area contributed by atoms with Crippen molar-refractivity contribution in [3.05, 3.63) is 47.7 Å². The molecule has 15 heteroatoms. The molecule has 1 unspecified atom stereocenters. The molecule has 0 saturated carbocycles. The van der Waals surface area contributed by atoms with Crippen LogP contribution in [0.25, 0.3) is 17.0 Å². The number of nitrogens with zero attached hydrogens (tertiary/aromatic N) is 3. The Morgan fingerprint density at radius 3 is 2.45 bits per heavy atom. The van der Waals surface area contributed by atoms with Crippen LogP contribution in [0, 0.1) is 5.92 Å². The first-order valence-electron chi connectivity index (χ1n) is 15.8. The van der Waals surface area contributed by atoms with Crippen LogP contribution in [0.5, 0.6) is 0 Å². The lowest BCUT2D eigenvalue weighted by atomic mass is 9.99. The molecule has 5 rings (SSSR count). The van der Waals surface area contributed by atoms with Crippen molar-refractivity contribution in [3.63, 3.8) is 0 Å². The summed E-state index contributed by atoms with van der Waals surface area (Å²) in [6.45, 7) is 6.62. The maximum atomic E-state index is 14.0. The monoisotopic (exact) mass is 670 g/mol. The van der Waals surface area contributed by atoms with Crippen molar-refractivity contribution >= 4 is 50.7 Å². The Bertz CT molecular complexity index is 1700. The molecule has 3 amide bonds. The Labute approximate surface area is 274 Å². The highest BCUT2D eigenvalue weighted by atomic mass is 32.2. The number of esters is 1. The molecule has 2 aromatic rings. The van der Waals surface area contributed by atoms with E-state index in [1.165, 1.54) is 18.0 Å². The van der Waals surface area contributed by atoms with Gasteiger partial charge in [0.05, 0.1) is 36.7 Å². The lowest BCUT2D eigenvalue weighted by molar-refractivity contribution is -0.182. The van der Waals surface area contributed by atoms with E-state index in [1.807, 2.05) is 31.2 Å². The molecule has 47 heavy (non-hydrogen) atoms. The Morgan fingerprint density at radius 1 is 1.00 bits per heavy atom. The van der Waals surface area contributed by atoms with Gasteiger partial charge in [-0.05, 0) is 56.4 Å². The predicted molar refractivity (Wildman–Crippen MR) is 173 cm³/mol. The van der Waals surface area contributed by atoms with E-state index < -0.39 is 63.6 Å².